The van der Waals surface area contributed by atoms with E-state index in [0.717, 1.165) is 34.5 Å². The number of nitrogens with zero attached hydrogens (tertiary/aromatic N) is 2. The molecule has 0 unspecified atom stereocenters. The molecule has 1 heterocycles. The Bertz CT molecular complexity index is 689. The van der Waals surface area contributed by atoms with Crippen LogP contribution in [-0.2, 0) is 4.74 Å². The molecule has 0 aliphatic heterocycles. The van der Waals surface area contributed by atoms with Gasteiger partial charge in [-0.25, -0.2) is 4.98 Å². The van der Waals surface area contributed by atoms with Crippen LogP contribution in [0.1, 0.15) is 24.3 Å². The SMILES string of the molecule is COC1(CNc2cc3nc(C)sc3cc2[N+](=O)[O-])CCC1. The lowest BCUT2D eigenvalue weighted by Gasteiger charge is -2.40. The number of ether oxygens (including phenoxy) is 1. The minimum absolute atomic E-state index is 0.0942. The lowest BCUT2D eigenvalue weighted by Crippen LogP contribution is -2.45. The van der Waals surface area contributed by atoms with Crippen LogP contribution in [0.3, 0.4) is 0 Å². The molecule has 1 saturated carbocycles. The first-order chi connectivity index (χ1) is 10.0. The largest absolute Gasteiger partial charge is 0.377 e. The third-order valence-electron chi connectivity index (χ3n) is 4.11. The van der Waals surface area contributed by atoms with Gasteiger partial charge in [-0.15, -0.1) is 11.3 Å². The van der Waals surface area contributed by atoms with E-state index in [2.05, 4.69) is 10.3 Å². The van der Waals surface area contributed by atoms with Crippen LogP contribution in [0.25, 0.3) is 10.2 Å². The summed E-state index contributed by atoms with van der Waals surface area (Å²) in [5.41, 5.74) is 1.23. The Balaban J connectivity index is 1.91. The number of rotatable bonds is 5. The molecule has 21 heavy (non-hydrogen) atoms. The van der Waals surface area contributed by atoms with Crippen molar-refractivity contribution in [1.82, 2.24) is 4.98 Å². The van der Waals surface area contributed by atoms with E-state index in [9.17, 15) is 10.1 Å². The molecule has 0 bridgehead atoms. The summed E-state index contributed by atoms with van der Waals surface area (Å²) in [6.45, 7) is 2.48. The maximum atomic E-state index is 11.3. The predicted octanol–water partition coefficient (Wildman–Crippen LogP) is 3.49. The van der Waals surface area contributed by atoms with Gasteiger partial charge >= 0.3 is 0 Å². The van der Waals surface area contributed by atoms with Crippen molar-refractivity contribution in [3.05, 3.63) is 27.3 Å². The molecule has 1 aliphatic rings. The number of aromatic nitrogens is 1. The van der Waals surface area contributed by atoms with E-state index < -0.39 is 0 Å². The molecule has 0 atom stereocenters. The summed E-state index contributed by atoms with van der Waals surface area (Å²) in [5.74, 6) is 0. The Morgan fingerprint density at radius 3 is 2.86 bits per heavy atom. The molecule has 112 valence electrons. The summed E-state index contributed by atoms with van der Waals surface area (Å²) in [5, 5.41) is 15.4. The van der Waals surface area contributed by atoms with Gasteiger partial charge in [-0.2, -0.15) is 0 Å². The van der Waals surface area contributed by atoms with Gasteiger partial charge in [0.1, 0.15) is 5.69 Å². The lowest BCUT2D eigenvalue weighted by atomic mass is 9.80. The highest BCUT2D eigenvalue weighted by molar-refractivity contribution is 7.18. The topological polar surface area (TPSA) is 77.3 Å². The molecule has 0 saturated heterocycles. The molecule has 3 rings (SSSR count). The van der Waals surface area contributed by atoms with Crippen molar-refractivity contribution in [2.45, 2.75) is 31.8 Å². The molecular formula is C14H17N3O3S. The molecule has 0 radical (unpaired) electrons. The number of nitro benzene ring substituents is 1. The van der Waals surface area contributed by atoms with E-state index in [4.69, 9.17) is 4.74 Å². The van der Waals surface area contributed by atoms with Gasteiger partial charge in [0.25, 0.3) is 5.69 Å². The van der Waals surface area contributed by atoms with E-state index in [1.807, 2.05) is 6.92 Å². The first-order valence-electron chi connectivity index (χ1n) is 6.88. The molecule has 1 N–H and O–H groups in total. The maximum absolute atomic E-state index is 11.3. The van der Waals surface area contributed by atoms with Crippen molar-refractivity contribution in [3.63, 3.8) is 0 Å². The van der Waals surface area contributed by atoms with Crippen molar-refractivity contribution in [1.29, 1.82) is 0 Å². The number of benzene rings is 1. The van der Waals surface area contributed by atoms with Crippen LogP contribution in [0.2, 0.25) is 0 Å². The molecule has 1 fully saturated rings. The summed E-state index contributed by atoms with van der Waals surface area (Å²) >= 11 is 1.47. The molecule has 1 aliphatic carbocycles. The van der Waals surface area contributed by atoms with E-state index in [1.165, 1.54) is 11.3 Å². The number of anilines is 1. The van der Waals surface area contributed by atoms with E-state index >= 15 is 0 Å². The predicted molar refractivity (Wildman–Crippen MR) is 83.1 cm³/mol. The Labute approximate surface area is 126 Å². The number of hydrogen-bond donors (Lipinski definition) is 1. The Kier molecular flexibility index (Phi) is 3.54. The van der Waals surface area contributed by atoms with Crippen LogP contribution in [-0.4, -0.2) is 29.2 Å². The van der Waals surface area contributed by atoms with Crippen molar-refractivity contribution >= 4 is 32.9 Å². The number of hydrogen-bond acceptors (Lipinski definition) is 6. The van der Waals surface area contributed by atoms with E-state index in [1.54, 1.807) is 19.2 Å². The Morgan fingerprint density at radius 2 is 2.29 bits per heavy atom. The van der Waals surface area contributed by atoms with Crippen molar-refractivity contribution < 1.29 is 9.66 Å². The van der Waals surface area contributed by atoms with Crippen LogP contribution in [0, 0.1) is 17.0 Å². The van der Waals surface area contributed by atoms with Gasteiger partial charge in [-0.05, 0) is 32.3 Å². The second kappa shape index (κ2) is 5.23. The summed E-state index contributed by atoms with van der Waals surface area (Å²) in [4.78, 5) is 15.3. The molecule has 7 heteroatoms. The molecule has 1 aromatic carbocycles. The fraction of sp³-hybridized carbons (Fsp3) is 0.500. The van der Waals surface area contributed by atoms with Gasteiger partial charge in [0.05, 0.1) is 25.7 Å². The first-order valence-corrected chi connectivity index (χ1v) is 7.69. The van der Waals surface area contributed by atoms with Gasteiger partial charge in [0, 0.05) is 19.7 Å². The Morgan fingerprint density at radius 1 is 1.52 bits per heavy atom. The van der Waals surface area contributed by atoms with Crippen LogP contribution in [0.4, 0.5) is 11.4 Å². The lowest BCUT2D eigenvalue weighted by molar-refractivity contribution is -0.383. The molecule has 0 amide bonds. The van der Waals surface area contributed by atoms with Gasteiger partial charge in [0.15, 0.2) is 0 Å². The maximum Gasteiger partial charge on any atom is 0.293 e. The highest BCUT2D eigenvalue weighted by atomic mass is 32.1. The minimum atomic E-state index is -0.350. The second-order valence-corrected chi connectivity index (χ2v) is 6.66. The fourth-order valence-electron chi connectivity index (χ4n) is 2.65. The number of nitrogens with one attached hydrogen (secondary N) is 1. The van der Waals surface area contributed by atoms with Crippen molar-refractivity contribution in [2.24, 2.45) is 0 Å². The summed E-state index contributed by atoms with van der Waals surface area (Å²) in [6, 6.07) is 3.36. The fourth-order valence-corrected chi connectivity index (χ4v) is 3.49. The summed E-state index contributed by atoms with van der Waals surface area (Å²) < 4.78 is 6.38. The van der Waals surface area contributed by atoms with Gasteiger partial charge in [0.2, 0.25) is 0 Å². The molecule has 2 aromatic rings. The zero-order valence-electron chi connectivity index (χ0n) is 12.0. The summed E-state index contributed by atoms with van der Waals surface area (Å²) in [7, 11) is 1.70. The summed E-state index contributed by atoms with van der Waals surface area (Å²) in [6.07, 6.45) is 3.12. The number of nitro groups is 1. The average Bonchev–Trinajstić information content (AvgIpc) is 2.76. The van der Waals surface area contributed by atoms with Crippen LogP contribution in [0.15, 0.2) is 12.1 Å². The average molecular weight is 307 g/mol. The number of methoxy groups -OCH3 is 1. The molecule has 1 aromatic heterocycles. The van der Waals surface area contributed by atoms with Crippen LogP contribution < -0.4 is 5.32 Å². The third kappa shape index (κ3) is 2.58. The highest BCUT2D eigenvalue weighted by Crippen LogP contribution is 2.37. The van der Waals surface area contributed by atoms with Crippen LogP contribution in [0.5, 0.6) is 0 Å². The number of fused-ring (bicyclic) bond motifs is 1. The van der Waals surface area contributed by atoms with Crippen molar-refractivity contribution in [3.8, 4) is 0 Å². The molecular weight excluding hydrogens is 290 g/mol. The zero-order chi connectivity index (χ0) is 15.0. The van der Waals surface area contributed by atoms with Crippen LogP contribution >= 0.6 is 11.3 Å². The minimum Gasteiger partial charge on any atom is -0.377 e. The van der Waals surface area contributed by atoms with Crippen molar-refractivity contribution in [2.75, 3.05) is 19.0 Å². The highest BCUT2D eigenvalue weighted by Gasteiger charge is 2.37. The normalized spacial score (nSPS) is 16.7. The first kappa shape index (κ1) is 14.2. The second-order valence-electron chi connectivity index (χ2n) is 5.42. The van der Waals surface area contributed by atoms with E-state index in [-0.39, 0.29) is 16.2 Å². The van der Waals surface area contributed by atoms with Gasteiger partial charge in [-0.3, -0.25) is 10.1 Å². The molecule has 0 spiro atoms. The van der Waals surface area contributed by atoms with Gasteiger partial charge < -0.3 is 10.1 Å². The van der Waals surface area contributed by atoms with Gasteiger partial charge in [-0.1, -0.05) is 0 Å². The van der Waals surface area contributed by atoms with E-state index in [0.29, 0.717) is 12.2 Å². The monoisotopic (exact) mass is 307 g/mol. The number of aryl methyl sites for hydroxylation is 1. The third-order valence-corrected chi connectivity index (χ3v) is 5.04. The quantitative estimate of drug-likeness (QED) is 0.676. The smallest absolute Gasteiger partial charge is 0.293 e. The Hall–Kier alpha value is -1.73. The molecule has 6 nitrogen and oxygen atoms in total. The zero-order valence-corrected chi connectivity index (χ0v) is 12.8. The standard InChI is InChI=1S/C14H17N3O3S/c1-9-16-11-6-10(12(17(18)19)7-13(11)21-9)15-8-14(20-2)4-3-5-14/h6-7,15H,3-5,8H2,1-2H3. The number of thiazole rings is 1.